The van der Waals surface area contributed by atoms with E-state index < -0.39 is 0 Å². The van der Waals surface area contributed by atoms with Crippen molar-refractivity contribution < 1.29 is 4.74 Å². The summed E-state index contributed by atoms with van der Waals surface area (Å²) in [4.78, 5) is 0. The number of rotatable bonds is 3. The van der Waals surface area contributed by atoms with Crippen LogP contribution >= 0.6 is 0 Å². The molecule has 1 aliphatic carbocycles. The second kappa shape index (κ2) is 5.71. The molecule has 2 nitrogen and oxygen atoms in total. The van der Waals surface area contributed by atoms with Crippen molar-refractivity contribution in [3.8, 4) is 0 Å². The van der Waals surface area contributed by atoms with Gasteiger partial charge in [-0.3, -0.25) is 0 Å². The van der Waals surface area contributed by atoms with Gasteiger partial charge in [-0.05, 0) is 62.8 Å². The first-order valence-corrected chi connectivity index (χ1v) is 7.37. The van der Waals surface area contributed by atoms with Crippen LogP contribution in [0.4, 0.5) is 0 Å². The standard InChI is InChI=1S/C15H29NO/c1-15(2)8-4-12(5-9-15)14(16-3)13-6-10-17-11-7-13/h12-14,16H,4-11H2,1-3H3. The van der Waals surface area contributed by atoms with Crippen molar-refractivity contribution >= 4 is 0 Å². The summed E-state index contributed by atoms with van der Waals surface area (Å²) in [5.74, 6) is 1.75. The van der Waals surface area contributed by atoms with E-state index in [0.29, 0.717) is 5.41 Å². The lowest BCUT2D eigenvalue weighted by Gasteiger charge is -2.41. The minimum absolute atomic E-state index is 0.588. The van der Waals surface area contributed by atoms with E-state index in [4.69, 9.17) is 4.74 Å². The van der Waals surface area contributed by atoms with E-state index in [1.54, 1.807) is 0 Å². The molecule has 2 heteroatoms. The predicted octanol–water partition coefficient (Wildman–Crippen LogP) is 3.22. The lowest BCUT2D eigenvalue weighted by Crippen LogP contribution is -2.44. The Labute approximate surface area is 107 Å². The maximum atomic E-state index is 5.49. The van der Waals surface area contributed by atoms with Gasteiger partial charge in [0, 0.05) is 19.3 Å². The zero-order valence-electron chi connectivity index (χ0n) is 11.8. The summed E-state index contributed by atoms with van der Waals surface area (Å²) in [6.07, 6.45) is 8.14. The molecule has 0 radical (unpaired) electrons. The molecule has 1 N–H and O–H groups in total. The quantitative estimate of drug-likeness (QED) is 0.816. The molecule has 2 aliphatic rings. The molecule has 17 heavy (non-hydrogen) atoms. The fourth-order valence-electron chi connectivity index (χ4n) is 3.71. The minimum Gasteiger partial charge on any atom is -0.381 e. The molecule has 1 saturated heterocycles. The van der Waals surface area contributed by atoms with Crippen LogP contribution in [0.2, 0.25) is 0 Å². The molecule has 1 aliphatic heterocycles. The monoisotopic (exact) mass is 239 g/mol. The molecule has 1 heterocycles. The largest absolute Gasteiger partial charge is 0.381 e. The van der Waals surface area contributed by atoms with Gasteiger partial charge in [-0.1, -0.05) is 13.8 Å². The molecule has 0 amide bonds. The van der Waals surface area contributed by atoms with Crippen molar-refractivity contribution in [3.63, 3.8) is 0 Å². The summed E-state index contributed by atoms with van der Waals surface area (Å²) in [6, 6.07) is 0.731. The van der Waals surface area contributed by atoms with Crippen molar-refractivity contribution in [2.24, 2.45) is 17.3 Å². The van der Waals surface area contributed by atoms with Gasteiger partial charge < -0.3 is 10.1 Å². The second-order valence-electron chi connectivity index (χ2n) is 6.77. The Morgan fingerprint density at radius 2 is 1.53 bits per heavy atom. The molecule has 100 valence electrons. The van der Waals surface area contributed by atoms with Crippen molar-refractivity contribution in [3.05, 3.63) is 0 Å². The molecule has 0 aromatic rings. The zero-order valence-corrected chi connectivity index (χ0v) is 11.8. The predicted molar refractivity (Wildman–Crippen MR) is 72.1 cm³/mol. The Balaban J connectivity index is 1.89. The van der Waals surface area contributed by atoms with Crippen LogP contribution in [0, 0.1) is 17.3 Å². The highest BCUT2D eigenvalue weighted by Gasteiger charge is 2.34. The van der Waals surface area contributed by atoms with Gasteiger partial charge in [-0.25, -0.2) is 0 Å². The first-order valence-electron chi connectivity index (χ1n) is 7.37. The lowest BCUT2D eigenvalue weighted by atomic mass is 9.68. The third-order valence-corrected chi connectivity index (χ3v) is 5.00. The van der Waals surface area contributed by atoms with Gasteiger partial charge in [0.05, 0.1) is 0 Å². The molecule has 0 aromatic carbocycles. The number of nitrogens with one attached hydrogen (secondary N) is 1. The van der Waals surface area contributed by atoms with Gasteiger partial charge in [-0.2, -0.15) is 0 Å². The average Bonchev–Trinajstić information content (AvgIpc) is 2.33. The van der Waals surface area contributed by atoms with E-state index in [2.05, 4.69) is 26.2 Å². The van der Waals surface area contributed by atoms with E-state index in [0.717, 1.165) is 31.1 Å². The smallest absolute Gasteiger partial charge is 0.0469 e. The van der Waals surface area contributed by atoms with Gasteiger partial charge in [0.15, 0.2) is 0 Å². The molecular weight excluding hydrogens is 210 g/mol. The second-order valence-corrected chi connectivity index (χ2v) is 6.77. The highest BCUT2D eigenvalue weighted by molar-refractivity contribution is 4.88. The van der Waals surface area contributed by atoms with Crippen molar-refractivity contribution in [1.82, 2.24) is 5.32 Å². The first-order chi connectivity index (χ1) is 8.12. The van der Waals surface area contributed by atoms with E-state index in [1.807, 2.05) is 0 Å². The van der Waals surface area contributed by atoms with Crippen LogP contribution in [-0.2, 0) is 4.74 Å². The van der Waals surface area contributed by atoms with Crippen LogP contribution in [0.1, 0.15) is 52.4 Å². The summed E-state index contributed by atoms with van der Waals surface area (Å²) in [5, 5.41) is 3.61. The van der Waals surface area contributed by atoms with Crippen LogP contribution in [0.5, 0.6) is 0 Å². The van der Waals surface area contributed by atoms with Crippen molar-refractivity contribution in [1.29, 1.82) is 0 Å². The molecule has 2 rings (SSSR count). The highest BCUT2D eigenvalue weighted by Crippen LogP contribution is 2.41. The van der Waals surface area contributed by atoms with Gasteiger partial charge in [0.1, 0.15) is 0 Å². The van der Waals surface area contributed by atoms with Crippen LogP contribution in [-0.4, -0.2) is 26.3 Å². The van der Waals surface area contributed by atoms with Gasteiger partial charge >= 0.3 is 0 Å². The summed E-state index contributed by atoms with van der Waals surface area (Å²) >= 11 is 0. The molecule has 1 atom stereocenters. The van der Waals surface area contributed by atoms with Gasteiger partial charge in [0.2, 0.25) is 0 Å². The summed E-state index contributed by atoms with van der Waals surface area (Å²) < 4.78 is 5.49. The lowest BCUT2D eigenvalue weighted by molar-refractivity contribution is 0.0364. The number of hydrogen-bond donors (Lipinski definition) is 1. The molecule has 0 spiro atoms. The normalized spacial score (nSPS) is 29.1. The average molecular weight is 239 g/mol. The maximum absolute atomic E-state index is 5.49. The van der Waals surface area contributed by atoms with Gasteiger partial charge in [0.25, 0.3) is 0 Å². The fourth-order valence-corrected chi connectivity index (χ4v) is 3.71. The van der Waals surface area contributed by atoms with Crippen LogP contribution in [0.15, 0.2) is 0 Å². The third-order valence-electron chi connectivity index (χ3n) is 5.00. The Kier molecular flexibility index (Phi) is 4.48. The fraction of sp³-hybridized carbons (Fsp3) is 1.00. The van der Waals surface area contributed by atoms with Crippen LogP contribution in [0.25, 0.3) is 0 Å². The zero-order chi connectivity index (χ0) is 12.3. The van der Waals surface area contributed by atoms with E-state index in [-0.39, 0.29) is 0 Å². The number of hydrogen-bond acceptors (Lipinski definition) is 2. The van der Waals surface area contributed by atoms with Gasteiger partial charge in [-0.15, -0.1) is 0 Å². The third kappa shape index (κ3) is 3.45. The molecule has 1 unspecified atom stereocenters. The van der Waals surface area contributed by atoms with Crippen LogP contribution < -0.4 is 5.32 Å². The van der Waals surface area contributed by atoms with Crippen LogP contribution in [0.3, 0.4) is 0 Å². The van der Waals surface area contributed by atoms with E-state index in [1.165, 1.54) is 38.5 Å². The first kappa shape index (κ1) is 13.4. The van der Waals surface area contributed by atoms with Crippen molar-refractivity contribution in [2.75, 3.05) is 20.3 Å². The summed E-state index contributed by atoms with van der Waals surface area (Å²) in [6.45, 7) is 6.79. The van der Waals surface area contributed by atoms with Crippen molar-refractivity contribution in [2.45, 2.75) is 58.4 Å². The Morgan fingerprint density at radius 3 is 2.06 bits per heavy atom. The minimum atomic E-state index is 0.588. The molecular formula is C15H29NO. The molecule has 0 bridgehead atoms. The molecule has 0 aromatic heterocycles. The Bertz CT molecular complexity index is 223. The maximum Gasteiger partial charge on any atom is 0.0469 e. The highest BCUT2D eigenvalue weighted by atomic mass is 16.5. The Hall–Kier alpha value is -0.0800. The van der Waals surface area contributed by atoms with E-state index in [9.17, 15) is 0 Å². The molecule has 2 fully saturated rings. The summed E-state index contributed by atoms with van der Waals surface area (Å²) in [5.41, 5.74) is 0.588. The number of ether oxygens (including phenoxy) is 1. The summed E-state index contributed by atoms with van der Waals surface area (Å²) in [7, 11) is 2.15. The Morgan fingerprint density at radius 1 is 1.00 bits per heavy atom. The molecule has 1 saturated carbocycles. The van der Waals surface area contributed by atoms with E-state index >= 15 is 0 Å². The SMILES string of the molecule is CNC(C1CCOCC1)C1CCC(C)(C)CC1. The topological polar surface area (TPSA) is 21.3 Å².